The quantitative estimate of drug-likeness (QED) is 0.830. The van der Waals surface area contributed by atoms with Gasteiger partial charge in [0.25, 0.3) is 0 Å². The van der Waals surface area contributed by atoms with E-state index in [9.17, 15) is 4.79 Å². The zero-order chi connectivity index (χ0) is 14.5. The minimum Gasteiger partial charge on any atom is -0.342 e. The zero-order valence-corrected chi connectivity index (χ0v) is 13.8. The summed E-state index contributed by atoms with van der Waals surface area (Å²) >= 11 is 7.55. The van der Waals surface area contributed by atoms with E-state index in [-0.39, 0.29) is 5.91 Å². The van der Waals surface area contributed by atoms with Crippen molar-refractivity contribution in [1.82, 2.24) is 9.80 Å². The first-order valence-corrected chi connectivity index (χ1v) is 8.52. The van der Waals surface area contributed by atoms with Crippen LogP contribution >= 0.6 is 22.9 Å². The number of amides is 1. The van der Waals surface area contributed by atoms with Crippen LogP contribution in [0.3, 0.4) is 0 Å². The van der Waals surface area contributed by atoms with Crippen molar-refractivity contribution in [2.45, 2.75) is 33.2 Å². The largest absolute Gasteiger partial charge is 0.342 e. The smallest absolute Gasteiger partial charge is 0.236 e. The third kappa shape index (κ3) is 4.47. The highest BCUT2D eigenvalue weighted by Crippen LogP contribution is 2.23. The topological polar surface area (TPSA) is 23.6 Å². The Balaban J connectivity index is 1.84. The van der Waals surface area contributed by atoms with Gasteiger partial charge in [0.2, 0.25) is 5.91 Å². The van der Waals surface area contributed by atoms with E-state index in [0.717, 1.165) is 49.3 Å². The fraction of sp³-hybridized carbons (Fsp3) is 0.667. The van der Waals surface area contributed by atoms with Crippen LogP contribution in [-0.4, -0.2) is 41.9 Å². The van der Waals surface area contributed by atoms with E-state index in [2.05, 4.69) is 18.7 Å². The molecule has 1 aromatic heterocycles. The number of carbonyl (C=O) groups excluding carboxylic acids is 1. The number of hydrogen-bond acceptors (Lipinski definition) is 3. The molecule has 0 atom stereocenters. The van der Waals surface area contributed by atoms with Crippen LogP contribution in [0.15, 0.2) is 12.1 Å². The summed E-state index contributed by atoms with van der Waals surface area (Å²) in [6, 6.07) is 3.96. The first-order chi connectivity index (χ1) is 9.58. The van der Waals surface area contributed by atoms with Crippen LogP contribution in [0.2, 0.25) is 4.34 Å². The highest BCUT2D eigenvalue weighted by atomic mass is 35.5. The van der Waals surface area contributed by atoms with E-state index in [1.165, 1.54) is 4.88 Å². The van der Waals surface area contributed by atoms with Gasteiger partial charge in [0, 0.05) is 24.5 Å². The number of rotatable bonds is 5. The molecule has 0 N–H and O–H groups in total. The van der Waals surface area contributed by atoms with Gasteiger partial charge in [0.1, 0.15) is 0 Å². The lowest BCUT2D eigenvalue weighted by atomic mass is 9.99. The maximum atomic E-state index is 12.3. The second-order valence-corrected chi connectivity index (χ2v) is 7.37. The molecule has 0 unspecified atom stereocenters. The van der Waals surface area contributed by atoms with Crippen molar-refractivity contribution in [3.63, 3.8) is 0 Å². The summed E-state index contributed by atoms with van der Waals surface area (Å²) in [5, 5.41) is 0. The van der Waals surface area contributed by atoms with Crippen LogP contribution in [0.5, 0.6) is 0 Å². The molecule has 3 nitrogen and oxygen atoms in total. The Hall–Kier alpha value is -0.580. The summed E-state index contributed by atoms with van der Waals surface area (Å²) < 4.78 is 0.812. The molecule has 0 aliphatic carbocycles. The molecule has 5 heteroatoms. The number of carbonyl (C=O) groups is 1. The molecule has 1 amide bonds. The lowest BCUT2D eigenvalue weighted by Gasteiger charge is -2.32. The van der Waals surface area contributed by atoms with E-state index >= 15 is 0 Å². The van der Waals surface area contributed by atoms with Crippen LogP contribution in [0.1, 0.15) is 31.6 Å². The molecular weight excluding hydrogens is 292 g/mol. The minimum absolute atomic E-state index is 0.265. The van der Waals surface area contributed by atoms with Crippen LogP contribution in [0.4, 0.5) is 0 Å². The van der Waals surface area contributed by atoms with Gasteiger partial charge >= 0.3 is 0 Å². The minimum atomic E-state index is 0.265. The highest BCUT2D eigenvalue weighted by Gasteiger charge is 2.21. The van der Waals surface area contributed by atoms with Crippen molar-refractivity contribution < 1.29 is 4.79 Å². The molecule has 1 aliphatic rings. The zero-order valence-electron chi connectivity index (χ0n) is 12.3. The number of piperidine rings is 1. The van der Waals surface area contributed by atoms with E-state index in [1.807, 2.05) is 17.0 Å². The number of nitrogens with zero attached hydrogens (tertiary/aromatic N) is 2. The van der Waals surface area contributed by atoms with Gasteiger partial charge in [-0.25, -0.2) is 0 Å². The molecule has 0 bridgehead atoms. The molecule has 0 spiro atoms. The number of hydrogen-bond donors (Lipinski definition) is 0. The Morgan fingerprint density at radius 3 is 2.70 bits per heavy atom. The number of likely N-dealkylation sites (tertiary alicyclic amines) is 1. The Morgan fingerprint density at radius 2 is 2.15 bits per heavy atom. The number of likely N-dealkylation sites (N-methyl/N-ethyl adjacent to an activating group) is 1. The predicted molar refractivity (Wildman–Crippen MR) is 85.3 cm³/mol. The normalized spacial score (nSPS) is 16.9. The molecule has 0 saturated carbocycles. The molecule has 1 aliphatic heterocycles. The van der Waals surface area contributed by atoms with Crippen LogP contribution in [0.25, 0.3) is 0 Å². The first-order valence-electron chi connectivity index (χ1n) is 7.32. The van der Waals surface area contributed by atoms with Gasteiger partial charge in [0.15, 0.2) is 0 Å². The molecule has 20 heavy (non-hydrogen) atoms. The fourth-order valence-corrected chi connectivity index (χ4v) is 3.62. The average molecular weight is 315 g/mol. The average Bonchev–Trinajstić information content (AvgIpc) is 2.84. The maximum absolute atomic E-state index is 12.3. The second kappa shape index (κ2) is 7.43. The molecule has 2 heterocycles. The standard InChI is InChI=1S/C15H23ClN2OS/c1-3-17(10-13-4-5-14(16)20-13)11-15(19)18-8-6-12(2)7-9-18/h4-5,12H,3,6-11H2,1-2H3. The van der Waals surface area contributed by atoms with Gasteiger partial charge in [-0.2, -0.15) is 0 Å². The van der Waals surface area contributed by atoms with Gasteiger partial charge in [-0.1, -0.05) is 25.4 Å². The summed E-state index contributed by atoms with van der Waals surface area (Å²) in [5.74, 6) is 1.02. The van der Waals surface area contributed by atoms with Gasteiger partial charge in [-0.3, -0.25) is 9.69 Å². The monoisotopic (exact) mass is 314 g/mol. The summed E-state index contributed by atoms with van der Waals surface area (Å²) in [6.07, 6.45) is 2.27. The van der Waals surface area contributed by atoms with Gasteiger partial charge in [-0.05, 0) is 37.4 Å². The molecule has 1 fully saturated rings. The first kappa shape index (κ1) is 15.8. The lowest BCUT2D eigenvalue weighted by molar-refractivity contribution is -0.133. The molecule has 1 saturated heterocycles. The third-order valence-electron chi connectivity index (χ3n) is 3.95. The maximum Gasteiger partial charge on any atom is 0.236 e. The van der Waals surface area contributed by atoms with Crippen molar-refractivity contribution in [1.29, 1.82) is 0 Å². The fourth-order valence-electron chi connectivity index (χ4n) is 2.49. The summed E-state index contributed by atoms with van der Waals surface area (Å²) in [6.45, 7) is 8.40. The predicted octanol–water partition coefficient (Wildman–Crippen LogP) is 3.48. The molecule has 2 rings (SSSR count). The number of halogens is 1. The Bertz CT molecular complexity index is 441. The van der Waals surface area contributed by atoms with Gasteiger partial charge in [0.05, 0.1) is 10.9 Å². The third-order valence-corrected chi connectivity index (χ3v) is 5.17. The molecular formula is C15H23ClN2OS. The lowest BCUT2D eigenvalue weighted by Crippen LogP contribution is -2.43. The molecule has 0 aromatic carbocycles. The van der Waals surface area contributed by atoms with E-state index < -0.39 is 0 Å². The van der Waals surface area contributed by atoms with Gasteiger partial charge < -0.3 is 4.90 Å². The summed E-state index contributed by atoms with van der Waals surface area (Å²) in [5.41, 5.74) is 0. The van der Waals surface area contributed by atoms with Crippen molar-refractivity contribution >= 4 is 28.8 Å². The Morgan fingerprint density at radius 1 is 1.45 bits per heavy atom. The van der Waals surface area contributed by atoms with Crippen molar-refractivity contribution in [3.05, 3.63) is 21.3 Å². The molecule has 1 aromatic rings. The Labute approximate surface area is 130 Å². The summed E-state index contributed by atoms with van der Waals surface area (Å²) in [7, 11) is 0. The highest BCUT2D eigenvalue weighted by molar-refractivity contribution is 7.16. The van der Waals surface area contributed by atoms with Crippen LogP contribution < -0.4 is 0 Å². The van der Waals surface area contributed by atoms with E-state index in [4.69, 9.17) is 11.6 Å². The van der Waals surface area contributed by atoms with Crippen molar-refractivity contribution in [3.8, 4) is 0 Å². The van der Waals surface area contributed by atoms with Gasteiger partial charge in [-0.15, -0.1) is 11.3 Å². The van der Waals surface area contributed by atoms with E-state index in [1.54, 1.807) is 11.3 Å². The van der Waals surface area contributed by atoms with E-state index in [0.29, 0.717) is 6.54 Å². The molecule has 112 valence electrons. The van der Waals surface area contributed by atoms with Crippen molar-refractivity contribution in [2.75, 3.05) is 26.2 Å². The number of thiophene rings is 1. The second-order valence-electron chi connectivity index (χ2n) is 5.57. The van der Waals surface area contributed by atoms with Crippen molar-refractivity contribution in [2.24, 2.45) is 5.92 Å². The van der Waals surface area contributed by atoms with Crippen LogP contribution in [-0.2, 0) is 11.3 Å². The summed E-state index contributed by atoms with van der Waals surface area (Å²) in [4.78, 5) is 17.8. The van der Waals surface area contributed by atoms with Crippen LogP contribution in [0, 0.1) is 5.92 Å². The Kier molecular flexibility index (Phi) is 5.87. The molecule has 0 radical (unpaired) electrons. The SMILES string of the molecule is CCN(CC(=O)N1CCC(C)CC1)Cc1ccc(Cl)s1.